The van der Waals surface area contributed by atoms with Crippen LogP contribution in [-0.4, -0.2) is 17.8 Å². The Morgan fingerprint density at radius 1 is 1.14 bits per heavy atom. The van der Waals surface area contributed by atoms with E-state index in [1.54, 1.807) is 0 Å². The summed E-state index contributed by atoms with van der Waals surface area (Å²) < 4.78 is 12.3. The smallest absolute Gasteiger partial charge is 0.217 e. The minimum atomic E-state index is -1.80. The molecule has 2 bridgehead atoms. The van der Waals surface area contributed by atoms with Crippen LogP contribution in [0, 0.1) is 62.1 Å². The second-order valence-electron chi connectivity index (χ2n) is 8.09. The highest BCUT2D eigenvalue weighted by atomic mass is 16.7. The molecule has 4 rings (SSSR count). The van der Waals surface area contributed by atoms with Crippen molar-refractivity contribution in [3.8, 4) is 18.2 Å². The summed E-state index contributed by atoms with van der Waals surface area (Å²) >= 11 is 0. The molecule has 2 heterocycles. The van der Waals surface area contributed by atoms with Gasteiger partial charge in [0.1, 0.15) is 6.10 Å². The normalized spacial score (nSPS) is 37.6. The SMILES string of the molecule is CCC1CCC23OC(=N)C(C#N)(C2C1)C(C#N)(C#N)C(Cc1ccccc1)O3. The number of nitrogens with zero attached hydrogens (tertiary/aromatic N) is 3. The number of rotatable bonds is 3. The maximum absolute atomic E-state index is 10.3. The zero-order valence-electron chi connectivity index (χ0n) is 15.8. The fraction of sp³-hybridized carbons (Fsp3) is 0.545. The molecule has 1 aromatic rings. The first-order valence-corrected chi connectivity index (χ1v) is 9.75. The topological polar surface area (TPSA) is 114 Å². The average Bonchev–Trinajstić information content (AvgIpc) is 2.93. The van der Waals surface area contributed by atoms with Crippen molar-refractivity contribution in [3.05, 3.63) is 35.9 Å². The first-order valence-electron chi connectivity index (χ1n) is 9.75. The third-order valence-corrected chi connectivity index (χ3v) is 6.97. The summed E-state index contributed by atoms with van der Waals surface area (Å²) in [5, 5.41) is 39.2. The Bertz CT molecular complexity index is 911. The molecule has 142 valence electrons. The van der Waals surface area contributed by atoms with Gasteiger partial charge in [0, 0.05) is 12.8 Å². The van der Waals surface area contributed by atoms with E-state index in [9.17, 15) is 15.8 Å². The summed E-state index contributed by atoms with van der Waals surface area (Å²) in [7, 11) is 0. The predicted molar refractivity (Wildman–Crippen MR) is 99.4 cm³/mol. The van der Waals surface area contributed by atoms with Crippen molar-refractivity contribution in [2.24, 2.45) is 22.7 Å². The highest BCUT2D eigenvalue weighted by molar-refractivity contribution is 5.89. The van der Waals surface area contributed by atoms with Crippen LogP contribution in [0.15, 0.2) is 30.3 Å². The number of ether oxygens (including phenoxy) is 2. The van der Waals surface area contributed by atoms with Gasteiger partial charge in [-0.2, -0.15) is 15.8 Å². The Balaban J connectivity index is 1.87. The summed E-state index contributed by atoms with van der Waals surface area (Å²) in [5.74, 6) is -1.49. The molecule has 3 aliphatic rings. The van der Waals surface area contributed by atoms with Crippen LogP contribution in [0.4, 0.5) is 0 Å². The van der Waals surface area contributed by atoms with Crippen LogP contribution in [0.2, 0.25) is 0 Å². The lowest BCUT2D eigenvalue weighted by molar-refractivity contribution is -0.295. The van der Waals surface area contributed by atoms with Gasteiger partial charge >= 0.3 is 0 Å². The van der Waals surface area contributed by atoms with Gasteiger partial charge in [0.05, 0.1) is 24.1 Å². The molecule has 28 heavy (non-hydrogen) atoms. The number of nitriles is 3. The molecule has 0 amide bonds. The Labute approximate surface area is 164 Å². The molecule has 2 saturated heterocycles. The Hall–Kier alpha value is -2.88. The fourth-order valence-electron chi connectivity index (χ4n) is 5.41. The van der Waals surface area contributed by atoms with Crippen LogP contribution in [0.5, 0.6) is 0 Å². The number of hydrogen-bond acceptors (Lipinski definition) is 6. The molecule has 5 unspecified atom stereocenters. The molecule has 6 nitrogen and oxygen atoms in total. The van der Waals surface area contributed by atoms with Crippen LogP contribution < -0.4 is 0 Å². The number of hydrogen-bond donors (Lipinski definition) is 1. The lowest BCUT2D eigenvalue weighted by atomic mass is 9.50. The zero-order chi connectivity index (χ0) is 20.0. The van der Waals surface area contributed by atoms with Crippen molar-refractivity contribution in [1.29, 1.82) is 21.2 Å². The van der Waals surface area contributed by atoms with Gasteiger partial charge in [-0.1, -0.05) is 43.7 Å². The molecule has 1 aromatic carbocycles. The van der Waals surface area contributed by atoms with E-state index in [2.05, 4.69) is 25.1 Å². The third-order valence-electron chi connectivity index (χ3n) is 6.97. The number of benzene rings is 1. The largest absolute Gasteiger partial charge is 0.447 e. The third kappa shape index (κ3) is 2.12. The van der Waals surface area contributed by atoms with Gasteiger partial charge < -0.3 is 9.47 Å². The predicted octanol–water partition coefficient (Wildman–Crippen LogP) is 3.70. The molecule has 3 fully saturated rings. The summed E-state index contributed by atoms with van der Waals surface area (Å²) in [5.41, 5.74) is -2.49. The summed E-state index contributed by atoms with van der Waals surface area (Å²) in [6, 6.07) is 16.0. The first-order chi connectivity index (χ1) is 13.5. The molecule has 5 atom stereocenters. The van der Waals surface area contributed by atoms with Crippen molar-refractivity contribution in [1.82, 2.24) is 0 Å². The monoisotopic (exact) mass is 374 g/mol. The lowest BCUT2D eigenvalue weighted by Gasteiger charge is -2.52. The van der Waals surface area contributed by atoms with Crippen LogP contribution in [-0.2, 0) is 15.9 Å². The van der Waals surface area contributed by atoms with E-state index in [0.29, 0.717) is 25.2 Å². The van der Waals surface area contributed by atoms with Gasteiger partial charge in [-0.05, 0) is 24.3 Å². The minimum absolute atomic E-state index is 0.282. The van der Waals surface area contributed by atoms with E-state index in [1.165, 1.54) is 0 Å². The van der Waals surface area contributed by atoms with E-state index in [0.717, 1.165) is 18.4 Å². The van der Waals surface area contributed by atoms with Gasteiger partial charge in [-0.15, -0.1) is 0 Å². The quantitative estimate of drug-likeness (QED) is 0.866. The van der Waals surface area contributed by atoms with E-state index < -0.39 is 28.6 Å². The Morgan fingerprint density at radius 2 is 1.86 bits per heavy atom. The zero-order valence-corrected chi connectivity index (χ0v) is 15.8. The van der Waals surface area contributed by atoms with Crippen LogP contribution >= 0.6 is 0 Å². The van der Waals surface area contributed by atoms with Gasteiger partial charge in [0.25, 0.3) is 0 Å². The van der Waals surface area contributed by atoms with Crippen molar-refractivity contribution in [3.63, 3.8) is 0 Å². The summed E-state index contributed by atoms with van der Waals surface area (Å²) in [4.78, 5) is 0. The molecule has 0 radical (unpaired) electrons. The first kappa shape index (κ1) is 18.5. The van der Waals surface area contributed by atoms with Gasteiger partial charge in [0.2, 0.25) is 11.7 Å². The summed E-state index contributed by atoms with van der Waals surface area (Å²) in [6.45, 7) is 2.10. The molecular formula is C22H22N4O2. The second-order valence-corrected chi connectivity index (χ2v) is 8.09. The fourth-order valence-corrected chi connectivity index (χ4v) is 5.41. The van der Waals surface area contributed by atoms with Gasteiger partial charge in [0.15, 0.2) is 10.8 Å². The Kier molecular flexibility index (Phi) is 4.18. The maximum Gasteiger partial charge on any atom is 0.217 e. The van der Waals surface area contributed by atoms with Crippen molar-refractivity contribution in [2.75, 3.05) is 0 Å². The lowest BCUT2D eigenvalue weighted by Crippen LogP contribution is -2.64. The molecule has 1 N–H and O–H groups in total. The highest BCUT2D eigenvalue weighted by Crippen LogP contribution is 2.67. The minimum Gasteiger partial charge on any atom is -0.447 e. The van der Waals surface area contributed by atoms with E-state index in [1.807, 2.05) is 30.3 Å². The molecule has 6 heteroatoms. The molecule has 1 saturated carbocycles. The highest BCUT2D eigenvalue weighted by Gasteiger charge is 2.80. The summed E-state index contributed by atoms with van der Waals surface area (Å²) in [6.07, 6.45) is 2.48. The second kappa shape index (κ2) is 6.33. The average molecular weight is 374 g/mol. The number of nitrogens with one attached hydrogen (secondary N) is 1. The van der Waals surface area contributed by atoms with Crippen molar-refractivity contribution < 1.29 is 9.47 Å². The van der Waals surface area contributed by atoms with E-state index in [-0.39, 0.29) is 5.90 Å². The molecule has 0 spiro atoms. The molecular weight excluding hydrogens is 352 g/mol. The van der Waals surface area contributed by atoms with Crippen LogP contribution in [0.1, 0.15) is 38.2 Å². The molecule has 1 aliphatic carbocycles. The van der Waals surface area contributed by atoms with Crippen LogP contribution in [0.3, 0.4) is 0 Å². The van der Waals surface area contributed by atoms with Crippen LogP contribution in [0.25, 0.3) is 0 Å². The molecule has 0 aromatic heterocycles. The van der Waals surface area contributed by atoms with Crippen molar-refractivity contribution >= 4 is 5.90 Å². The van der Waals surface area contributed by atoms with Gasteiger partial charge in [-0.25, -0.2) is 0 Å². The van der Waals surface area contributed by atoms with Gasteiger partial charge in [-0.3, -0.25) is 5.41 Å². The standard InChI is InChI=1S/C22H22N4O2/c1-2-15-8-9-22-17(10-15)21(14-25,19(26)28-22)20(12-23,13-24)18(27-22)11-16-6-4-3-5-7-16/h3-7,15,17-18,26H,2,8-11H2,1H3. The molecule has 2 aliphatic heterocycles. The Morgan fingerprint density at radius 3 is 2.46 bits per heavy atom. The van der Waals surface area contributed by atoms with E-state index >= 15 is 0 Å². The van der Waals surface area contributed by atoms with E-state index in [4.69, 9.17) is 14.9 Å². The maximum atomic E-state index is 10.3. The van der Waals surface area contributed by atoms with Crippen molar-refractivity contribution in [2.45, 2.75) is 50.9 Å².